The third kappa shape index (κ3) is 4.93. The summed E-state index contributed by atoms with van der Waals surface area (Å²) in [6.07, 6.45) is 3.87. The average molecular weight is 254 g/mol. The Balaban J connectivity index is 0.00000256. The molecule has 1 rings (SSSR count). The molecule has 0 unspecified atom stereocenters. The summed E-state index contributed by atoms with van der Waals surface area (Å²) in [4.78, 5) is 0. The number of hydrogen-bond donors (Lipinski definition) is 1. The molecule has 0 saturated carbocycles. The molecule has 0 aliphatic rings. The van der Waals surface area contributed by atoms with E-state index in [2.05, 4.69) is 51.6 Å². The normalized spacial score (nSPS) is 12.7. The lowest BCUT2D eigenvalue weighted by Gasteiger charge is -2.20. The number of rotatable bonds is 4. The van der Waals surface area contributed by atoms with Gasteiger partial charge in [-0.2, -0.15) is 0 Å². The Hall–Kier alpha value is -0.790. The van der Waals surface area contributed by atoms with Crippen molar-refractivity contribution in [2.45, 2.75) is 45.1 Å². The van der Waals surface area contributed by atoms with Crippen LogP contribution < -0.4 is 5.73 Å². The summed E-state index contributed by atoms with van der Waals surface area (Å²) in [6, 6.07) is 8.79. The highest BCUT2D eigenvalue weighted by Gasteiger charge is 2.13. The average Bonchev–Trinajstić information content (AvgIpc) is 2.25. The summed E-state index contributed by atoms with van der Waals surface area (Å²) < 4.78 is 0. The second-order valence-electron chi connectivity index (χ2n) is 5.34. The highest BCUT2D eigenvalue weighted by Crippen LogP contribution is 2.24. The maximum Gasteiger partial charge on any atom is 0.0297 e. The fraction of sp³-hybridized carbons (Fsp3) is 0.467. The molecular weight excluding hydrogens is 230 g/mol. The van der Waals surface area contributed by atoms with Crippen molar-refractivity contribution in [1.82, 2.24) is 0 Å². The van der Waals surface area contributed by atoms with Gasteiger partial charge in [-0.05, 0) is 29.4 Å². The van der Waals surface area contributed by atoms with E-state index in [-0.39, 0.29) is 23.9 Å². The van der Waals surface area contributed by atoms with Crippen LogP contribution in [0.25, 0.3) is 0 Å². The Morgan fingerprint density at radius 3 is 2.18 bits per heavy atom. The molecular formula is C15H24ClN. The molecule has 2 N–H and O–H groups in total. The van der Waals surface area contributed by atoms with Crippen LogP contribution in [0.5, 0.6) is 0 Å². The van der Waals surface area contributed by atoms with Gasteiger partial charge in [-0.1, -0.05) is 51.1 Å². The minimum Gasteiger partial charge on any atom is -0.324 e. The van der Waals surface area contributed by atoms with Gasteiger partial charge in [0.15, 0.2) is 0 Å². The maximum atomic E-state index is 6.09. The molecule has 0 fully saturated rings. The predicted molar refractivity (Wildman–Crippen MR) is 78.7 cm³/mol. The lowest BCUT2D eigenvalue weighted by molar-refractivity contribution is 0.588. The molecule has 0 radical (unpaired) electrons. The van der Waals surface area contributed by atoms with E-state index in [9.17, 15) is 0 Å². The van der Waals surface area contributed by atoms with E-state index >= 15 is 0 Å². The van der Waals surface area contributed by atoms with Gasteiger partial charge in [0.2, 0.25) is 0 Å². The molecule has 96 valence electrons. The van der Waals surface area contributed by atoms with Crippen molar-refractivity contribution < 1.29 is 0 Å². The minimum atomic E-state index is 0. The van der Waals surface area contributed by atoms with Crippen LogP contribution in [0, 0.1) is 0 Å². The first-order valence-corrected chi connectivity index (χ1v) is 5.92. The van der Waals surface area contributed by atoms with Crippen molar-refractivity contribution >= 4 is 12.4 Å². The summed E-state index contributed by atoms with van der Waals surface area (Å²) in [5.41, 5.74) is 8.88. The van der Waals surface area contributed by atoms with E-state index < -0.39 is 0 Å². The van der Waals surface area contributed by atoms with Crippen LogP contribution in [-0.4, -0.2) is 0 Å². The number of benzene rings is 1. The Bertz CT molecular complexity index is 335. The van der Waals surface area contributed by atoms with Gasteiger partial charge in [0, 0.05) is 6.04 Å². The molecule has 0 bridgehead atoms. The van der Waals surface area contributed by atoms with Crippen LogP contribution >= 0.6 is 12.4 Å². The summed E-state index contributed by atoms with van der Waals surface area (Å²) in [7, 11) is 0. The van der Waals surface area contributed by atoms with Crippen molar-refractivity contribution in [3.63, 3.8) is 0 Å². The zero-order valence-corrected chi connectivity index (χ0v) is 11.9. The molecule has 1 aromatic carbocycles. The van der Waals surface area contributed by atoms with E-state index in [0.29, 0.717) is 0 Å². The Kier molecular flexibility index (Phi) is 6.51. The van der Waals surface area contributed by atoms with Crippen LogP contribution in [0.1, 0.15) is 50.8 Å². The van der Waals surface area contributed by atoms with Crippen molar-refractivity contribution in [3.05, 3.63) is 48.0 Å². The number of hydrogen-bond acceptors (Lipinski definition) is 1. The summed E-state index contributed by atoms with van der Waals surface area (Å²) >= 11 is 0. The fourth-order valence-electron chi connectivity index (χ4n) is 1.69. The van der Waals surface area contributed by atoms with Gasteiger partial charge in [-0.3, -0.25) is 0 Å². The van der Waals surface area contributed by atoms with Crippen LogP contribution in [0.4, 0.5) is 0 Å². The second kappa shape index (κ2) is 6.83. The first-order chi connectivity index (χ1) is 7.45. The molecule has 0 aromatic heterocycles. The highest BCUT2D eigenvalue weighted by atomic mass is 35.5. The predicted octanol–water partition coefficient (Wildman–Crippen LogP) is 4.37. The van der Waals surface area contributed by atoms with Crippen molar-refractivity contribution in [1.29, 1.82) is 0 Å². The van der Waals surface area contributed by atoms with Crippen LogP contribution in [-0.2, 0) is 5.41 Å². The Morgan fingerprint density at radius 2 is 1.76 bits per heavy atom. The van der Waals surface area contributed by atoms with Gasteiger partial charge in [-0.15, -0.1) is 19.0 Å². The van der Waals surface area contributed by atoms with Crippen LogP contribution in [0.15, 0.2) is 36.9 Å². The summed E-state index contributed by atoms with van der Waals surface area (Å²) in [6.45, 7) is 10.4. The fourth-order valence-corrected chi connectivity index (χ4v) is 1.69. The Labute approximate surface area is 112 Å². The van der Waals surface area contributed by atoms with E-state index in [1.807, 2.05) is 6.08 Å². The van der Waals surface area contributed by atoms with E-state index in [1.165, 1.54) is 11.1 Å². The minimum absolute atomic E-state index is 0. The number of allylic oxidation sites excluding steroid dienone is 1. The molecule has 1 atom stereocenters. The van der Waals surface area contributed by atoms with Gasteiger partial charge < -0.3 is 5.73 Å². The molecule has 0 heterocycles. The molecule has 0 saturated heterocycles. The van der Waals surface area contributed by atoms with Crippen LogP contribution in [0.3, 0.4) is 0 Å². The number of nitrogens with two attached hydrogens (primary N) is 1. The molecule has 0 aliphatic heterocycles. The van der Waals surface area contributed by atoms with E-state index in [0.717, 1.165) is 12.8 Å². The molecule has 0 spiro atoms. The third-order valence-corrected chi connectivity index (χ3v) is 2.89. The largest absolute Gasteiger partial charge is 0.324 e. The van der Waals surface area contributed by atoms with Gasteiger partial charge in [0.25, 0.3) is 0 Å². The third-order valence-electron chi connectivity index (χ3n) is 2.89. The first-order valence-electron chi connectivity index (χ1n) is 5.92. The standard InChI is InChI=1S/C15H23N.ClH/c1-5-6-7-14(16)12-8-10-13(11-9-12)15(2,3)4;/h5,8-11,14H,1,6-7,16H2,2-4H3;1H/t14-;/m1./s1. The quantitative estimate of drug-likeness (QED) is 0.793. The lowest BCUT2D eigenvalue weighted by atomic mass is 9.86. The van der Waals surface area contributed by atoms with E-state index in [1.54, 1.807) is 0 Å². The zero-order chi connectivity index (χ0) is 12.2. The van der Waals surface area contributed by atoms with Crippen molar-refractivity contribution in [3.8, 4) is 0 Å². The molecule has 1 nitrogen and oxygen atoms in total. The summed E-state index contributed by atoms with van der Waals surface area (Å²) in [5, 5.41) is 0. The highest BCUT2D eigenvalue weighted by molar-refractivity contribution is 5.85. The topological polar surface area (TPSA) is 26.0 Å². The Morgan fingerprint density at radius 1 is 1.24 bits per heavy atom. The molecule has 1 aromatic rings. The summed E-state index contributed by atoms with van der Waals surface area (Å²) in [5.74, 6) is 0. The van der Waals surface area contributed by atoms with Gasteiger partial charge in [0.1, 0.15) is 0 Å². The van der Waals surface area contributed by atoms with Crippen molar-refractivity contribution in [2.75, 3.05) is 0 Å². The van der Waals surface area contributed by atoms with Gasteiger partial charge in [0.05, 0.1) is 0 Å². The molecule has 17 heavy (non-hydrogen) atoms. The van der Waals surface area contributed by atoms with Gasteiger partial charge >= 0.3 is 0 Å². The van der Waals surface area contributed by atoms with E-state index in [4.69, 9.17) is 5.73 Å². The van der Waals surface area contributed by atoms with Gasteiger partial charge in [-0.25, -0.2) is 0 Å². The molecule has 2 heteroatoms. The number of halogens is 1. The van der Waals surface area contributed by atoms with Crippen LogP contribution in [0.2, 0.25) is 0 Å². The monoisotopic (exact) mass is 253 g/mol. The molecule has 0 amide bonds. The zero-order valence-electron chi connectivity index (χ0n) is 11.1. The molecule has 0 aliphatic carbocycles. The maximum absolute atomic E-state index is 6.09. The second-order valence-corrected chi connectivity index (χ2v) is 5.34. The SMILES string of the molecule is C=CCC[C@@H](N)c1ccc(C(C)(C)C)cc1.Cl. The smallest absolute Gasteiger partial charge is 0.0297 e. The van der Waals surface area contributed by atoms with Crippen molar-refractivity contribution in [2.24, 2.45) is 5.73 Å². The first kappa shape index (κ1) is 16.2. The lowest BCUT2D eigenvalue weighted by Crippen LogP contribution is -2.13.